The lowest BCUT2D eigenvalue weighted by molar-refractivity contribution is 0.0955. The molecule has 124 valence electrons. The summed E-state index contributed by atoms with van der Waals surface area (Å²) in [5, 5.41) is 3.97. The molecule has 2 aromatic rings. The van der Waals surface area contributed by atoms with Gasteiger partial charge in [0.1, 0.15) is 19.0 Å². The van der Waals surface area contributed by atoms with E-state index in [9.17, 15) is 4.79 Å². The molecule has 1 heterocycles. The molecule has 6 nitrogen and oxygen atoms in total. The highest BCUT2D eigenvalue weighted by molar-refractivity contribution is 5.95. The summed E-state index contributed by atoms with van der Waals surface area (Å²) in [6.45, 7) is 3.58. The smallest absolute Gasteiger partial charge is 0.271 e. The monoisotopic (exact) mass is 326 g/mol. The number of ether oxygens (including phenoxy) is 3. The molecule has 1 aliphatic rings. The fraction of sp³-hybridized carbons (Fsp3) is 0.222. The molecule has 0 unspecified atom stereocenters. The maximum Gasteiger partial charge on any atom is 0.271 e. The molecule has 0 atom stereocenters. The van der Waals surface area contributed by atoms with Gasteiger partial charge < -0.3 is 14.2 Å². The number of carbonyl (C=O) groups is 1. The second-order valence-electron chi connectivity index (χ2n) is 5.06. The average Bonchev–Trinajstić information content (AvgIpc) is 2.62. The first-order chi connectivity index (χ1) is 11.8. The summed E-state index contributed by atoms with van der Waals surface area (Å²) < 4.78 is 16.3. The Balaban J connectivity index is 1.60. The number of hydrogen-bond acceptors (Lipinski definition) is 5. The van der Waals surface area contributed by atoms with Crippen molar-refractivity contribution in [3.05, 3.63) is 53.6 Å². The predicted molar refractivity (Wildman–Crippen MR) is 90.1 cm³/mol. The van der Waals surface area contributed by atoms with Crippen molar-refractivity contribution in [2.75, 3.05) is 19.8 Å². The molecule has 0 radical (unpaired) electrons. The van der Waals surface area contributed by atoms with Gasteiger partial charge in [-0.2, -0.15) is 5.10 Å². The quantitative estimate of drug-likeness (QED) is 0.677. The number of carbonyl (C=O) groups excluding carboxylic acids is 1. The summed E-state index contributed by atoms with van der Waals surface area (Å²) in [5.74, 6) is 1.85. The summed E-state index contributed by atoms with van der Waals surface area (Å²) in [4.78, 5) is 12.0. The Kier molecular flexibility index (Phi) is 4.96. The van der Waals surface area contributed by atoms with Crippen molar-refractivity contribution in [3.63, 3.8) is 0 Å². The first-order valence-corrected chi connectivity index (χ1v) is 7.72. The third-order valence-electron chi connectivity index (χ3n) is 3.37. The number of amides is 1. The van der Waals surface area contributed by atoms with Crippen molar-refractivity contribution in [2.24, 2.45) is 5.10 Å². The summed E-state index contributed by atoms with van der Waals surface area (Å²) in [7, 11) is 0. The third kappa shape index (κ3) is 3.84. The van der Waals surface area contributed by atoms with E-state index in [4.69, 9.17) is 14.2 Å². The molecule has 0 fully saturated rings. The summed E-state index contributed by atoms with van der Waals surface area (Å²) >= 11 is 0. The minimum atomic E-state index is -0.285. The fourth-order valence-electron chi connectivity index (χ4n) is 2.24. The van der Waals surface area contributed by atoms with Crippen molar-refractivity contribution in [2.45, 2.75) is 6.92 Å². The zero-order valence-electron chi connectivity index (χ0n) is 13.3. The zero-order valence-corrected chi connectivity index (χ0v) is 13.3. The number of hydrogen-bond donors (Lipinski definition) is 1. The second kappa shape index (κ2) is 7.50. The molecular weight excluding hydrogens is 308 g/mol. The zero-order chi connectivity index (χ0) is 16.8. The van der Waals surface area contributed by atoms with E-state index in [0.29, 0.717) is 31.1 Å². The van der Waals surface area contributed by atoms with Gasteiger partial charge in [-0.15, -0.1) is 0 Å². The van der Waals surface area contributed by atoms with Gasteiger partial charge in [0.05, 0.1) is 12.8 Å². The molecule has 3 rings (SSSR count). The molecule has 2 aromatic carbocycles. The van der Waals surface area contributed by atoms with Gasteiger partial charge in [0.2, 0.25) is 0 Å². The van der Waals surface area contributed by atoms with Crippen molar-refractivity contribution >= 4 is 12.1 Å². The fourth-order valence-corrected chi connectivity index (χ4v) is 2.24. The van der Waals surface area contributed by atoms with Crippen LogP contribution in [0.25, 0.3) is 0 Å². The molecule has 1 amide bonds. The third-order valence-corrected chi connectivity index (χ3v) is 3.37. The van der Waals surface area contributed by atoms with Crippen LogP contribution < -0.4 is 19.6 Å². The molecular formula is C18H18N2O4. The minimum Gasteiger partial charge on any atom is -0.494 e. The number of benzene rings is 2. The largest absolute Gasteiger partial charge is 0.494 e. The standard InChI is InChI=1S/C18H18N2O4/c1-2-22-15-6-4-14(5-7-15)18(21)20-19-12-13-3-8-16-17(11-13)24-10-9-23-16/h3-8,11-12H,2,9-10H2,1H3,(H,20,21)/b19-12-. The highest BCUT2D eigenvalue weighted by Gasteiger charge is 2.11. The van der Waals surface area contributed by atoms with Gasteiger partial charge in [0.25, 0.3) is 5.91 Å². The molecule has 6 heteroatoms. The van der Waals surface area contributed by atoms with Crippen LogP contribution in [0.5, 0.6) is 17.2 Å². The molecule has 1 N–H and O–H groups in total. The summed E-state index contributed by atoms with van der Waals surface area (Å²) in [6.07, 6.45) is 1.56. The van der Waals surface area contributed by atoms with Crippen LogP contribution in [0, 0.1) is 0 Å². The van der Waals surface area contributed by atoms with E-state index < -0.39 is 0 Å². The van der Waals surface area contributed by atoms with Gasteiger partial charge in [-0.1, -0.05) is 0 Å². The summed E-state index contributed by atoms with van der Waals surface area (Å²) in [6, 6.07) is 12.4. The van der Waals surface area contributed by atoms with Crippen LogP contribution in [0.15, 0.2) is 47.6 Å². The Bertz CT molecular complexity index is 741. The maximum absolute atomic E-state index is 12.0. The average molecular weight is 326 g/mol. The van der Waals surface area contributed by atoms with Gasteiger partial charge in [0.15, 0.2) is 11.5 Å². The van der Waals surface area contributed by atoms with Crippen LogP contribution in [-0.2, 0) is 0 Å². The number of nitrogens with one attached hydrogen (secondary N) is 1. The van der Waals surface area contributed by atoms with Gasteiger partial charge >= 0.3 is 0 Å². The Morgan fingerprint density at radius 3 is 2.67 bits per heavy atom. The lowest BCUT2D eigenvalue weighted by Crippen LogP contribution is -2.17. The molecule has 0 bridgehead atoms. The molecule has 24 heavy (non-hydrogen) atoms. The predicted octanol–water partition coefficient (Wildman–Crippen LogP) is 2.62. The maximum atomic E-state index is 12.0. The van der Waals surface area contributed by atoms with Gasteiger partial charge in [0, 0.05) is 5.56 Å². The van der Waals surface area contributed by atoms with Gasteiger partial charge in [-0.05, 0) is 55.0 Å². The molecule has 1 aliphatic heterocycles. The lowest BCUT2D eigenvalue weighted by Gasteiger charge is -2.18. The molecule has 0 aliphatic carbocycles. The summed E-state index contributed by atoms with van der Waals surface area (Å²) in [5.41, 5.74) is 3.82. The number of rotatable bonds is 5. The highest BCUT2D eigenvalue weighted by Crippen LogP contribution is 2.30. The second-order valence-corrected chi connectivity index (χ2v) is 5.06. The Labute approximate surface area is 140 Å². The highest BCUT2D eigenvalue weighted by atomic mass is 16.6. The van der Waals surface area contributed by atoms with E-state index in [-0.39, 0.29) is 5.91 Å². The van der Waals surface area contributed by atoms with Crippen molar-refractivity contribution in [1.82, 2.24) is 5.43 Å². The first-order valence-electron chi connectivity index (χ1n) is 7.72. The van der Waals surface area contributed by atoms with Crippen molar-refractivity contribution in [3.8, 4) is 17.2 Å². The van der Waals surface area contributed by atoms with Crippen LogP contribution in [0.1, 0.15) is 22.8 Å². The van der Waals surface area contributed by atoms with Crippen LogP contribution in [0.2, 0.25) is 0 Å². The Morgan fingerprint density at radius 2 is 1.92 bits per heavy atom. The molecule has 0 aromatic heterocycles. The Morgan fingerprint density at radius 1 is 1.17 bits per heavy atom. The van der Waals surface area contributed by atoms with Crippen LogP contribution in [0.4, 0.5) is 0 Å². The van der Waals surface area contributed by atoms with E-state index in [1.807, 2.05) is 25.1 Å². The number of fused-ring (bicyclic) bond motifs is 1. The van der Waals surface area contributed by atoms with Crippen LogP contribution in [-0.4, -0.2) is 31.9 Å². The van der Waals surface area contributed by atoms with E-state index in [1.54, 1.807) is 30.5 Å². The van der Waals surface area contributed by atoms with Crippen LogP contribution >= 0.6 is 0 Å². The van der Waals surface area contributed by atoms with Gasteiger partial charge in [-0.3, -0.25) is 4.79 Å². The van der Waals surface area contributed by atoms with E-state index in [2.05, 4.69) is 10.5 Å². The normalized spacial score (nSPS) is 12.9. The number of hydrazone groups is 1. The van der Waals surface area contributed by atoms with Crippen LogP contribution in [0.3, 0.4) is 0 Å². The number of nitrogens with zero attached hydrogens (tertiary/aromatic N) is 1. The minimum absolute atomic E-state index is 0.285. The van der Waals surface area contributed by atoms with Gasteiger partial charge in [-0.25, -0.2) is 5.43 Å². The van der Waals surface area contributed by atoms with E-state index in [1.165, 1.54) is 0 Å². The molecule has 0 spiro atoms. The topological polar surface area (TPSA) is 69.2 Å². The van der Waals surface area contributed by atoms with Crippen molar-refractivity contribution < 1.29 is 19.0 Å². The van der Waals surface area contributed by atoms with Crippen molar-refractivity contribution in [1.29, 1.82) is 0 Å². The Hall–Kier alpha value is -3.02. The van der Waals surface area contributed by atoms with E-state index >= 15 is 0 Å². The van der Waals surface area contributed by atoms with E-state index in [0.717, 1.165) is 17.1 Å². The first kappa shape index (κ1) is 15.9. The molecule has 0 saturated carbocycles. The SMILES string of the molecule is CCOc1ccc(C(=O)N/N=C\c2ccc3c(c2)OCCO3)cc1. The molecule has 0 saturated heterocycles. The lowest BCUT2D eigenvalue weighted by atomic mass is 10.2.